The maximum Gasteiger partial charge on any atom is 0.334 e. The summed E-state index contributed by atoms with van der Waals surface area (Å²) in [4.78, 5) is 24.1. The predicted octanol–water partition coefficient (Wildman–Crippen LogP) is 0.807. The number of aryl methyl sites for hydroxylation is 1. The molecule has 1 atom stereocenters. The van der Waals surface area contributed by atoms with Crippen LogP contribution in [0.4, 0.5) is 0 Å². The summed E-state index contributed by atoms with van der Waals surface area (Å²) < 4.78 is 4.96. The number of morpholine rings is 1. The van der Waals surface area contributed by atoms with E-state index in [1.807, 2.05) is 31.2 Å². The molecule has 1 aliphatic heterocycles. The SMILES string of the molecule is Cc1ccccc1CN1CC(C(=O)O)OCC1=O. The van der Waals surface area contributed by atoms with Crippen LogP contribution in [0.3, 0.4) is 0 Å². The Bertz CT molecular complexity index is 472. The summed E-state index contributed by atoms with van der Waals surface area (Å²) in [6.07, 6.45) is -0.924. The van der Waals surface area contributed by atoms with Gasteiger partial charge in [0, 0.05) is 6.54 Å². The summed E-state index contributed by atoms with van der Waals surface area (Å²) in [6.45, 7) is 2.33. The van der Waals surface area contributed by atoms with Gasteiger partial charge in [-0.05, 0) is 18.1 Å². The van der Waals surface area contributed by atoms with Crippen LogP contribution in [0.25, 0.3) is 0 Å². The summed E-state index contributed by atoms with van der Waals surface area (Å²) in [7, 11) is 0. The van der Waals surface area contributed by atoms with Crippen LogP contribution >= 0.6 is 0 Å². The molecule has 1 aromatic carbocycles. The molecule has 2 rings (SSSR count). The zero-order chi connectivity index (χ0) is 13.1. The molecule has 1 heterocycles. The Labute approximate surface area is 105 Å². The van der Waals surface area contributed by atoms with Gasteiger partial charge >= 0.3 is 5.97 Å². The van der Waals surface area contributed by atoms with Crippen molar-refractivity contribution in [3.8, 4) is 0 Å². The first kappa shape index (κ1) is 12.6. The van der Waals surface area contributed by atoms with E-state index in [4.69, 9.17) is 9.84 Å². The van der Waals surface area contributed by atoms with Crippen LogP contribution in [-0.2, 0) is 20.9 Å². The van der Waals surface area contributed by atoms with E-state index in [9.17, 15) is 9.59 Å². The van der Waals surface area contributed by atoms with Gasteiger partial charge in [0.2, 0.25) is 5.91 Å². The second-order valence-corrected chi connectivity index (χ2v) is 4.34. The Morgan fingerprint density at radius 3 is 2.89 bits per heavy atom. The molecular weight excluding hydrogens is 234 g/mol. The van der Waals surface area contributed by atoms with Crippen molar-refractivity contribution in [2.24, 2.45) is 0 Å². The minimum Gasteiger partial charge on any atom is -0.479 e. The highest BCUT2D eigenvalue weighted by Gasteiger charge is 2.30. The van der Waals surface area contributed by atoms with Gasteiger partial charge in [0.1, 0.15) is 6.61 Å². The third-order valence-corrected chi connectivity index (χ3v) is 3.04. The van der Waals surface area contributed by atoms with Crippen molar-refractivity contribution in [2.45, 2.75) is 19.6 Å². The molecule has 0 bridgehead atoms. The molecule has 1 fully saturated rings. The first-order valence-electron chi connectivity index (χ1n) is 5.74. The number of carboxylic acid groups (broad SMARTS) is 1. The van der Waals surface area contributed by atoms with Crippen molar-refractivity contribution in [3.63, 3.8) is 0 Å². The number of rotatable bonds is 3. The van der Waals surface area contributed by atoms with Gasteiger partial charge in [-0.1, -0.05) is 24.3 Å². The highest BCUT2D eigenvalue weighted by atomic mass is 16.5. The van der Waals surface area contributed by atoms with Gasteiger partial charge in [0.05, 0.1) is 6.54 Å². The van der Waals surface area contributed by atoms with Gasteiger partial charge in [-0.3, -0.25) is 4.79 Å². The number of hydrogen-bond donors (Lipinski definition) is 1. The average molecular weight is 249 g/mol. The summed E-state index contributed by atoms with van der Waals surface area (Å²) >= 11 is 0. The Morgan fingerprint density at radius 2 is 2.22 bits per heavy atom. The Balaban J connectivity index is 2.10. The van der Waals surface area contributed by atoms with E-state index in [-0.39, 0.29) is 19.1 Å². The quantitative estimate of drug-likeness (QED) is 0.860. The fourth-order valence-corrected chi connectivity index (χ4v) is 1.91. The molecular formula is C13H15NO4. The largest absolute Gasteiger partial charge is 0.479 e. The Kier molecular flexibility index (Phi) is 3.62. The minimum absolute atomic E-state index is 0.0997. The lowest BCUT2D eigenvalue weighted by Gasteiger charge is -2.31. The van der Waals surface area contributed by atoms with Gasteiger partial charge in [-0.25, -0.2) is 4.79 Å². The van der Waals surface area contributed by atoms with E-state index < -0.39 is 12.1 Å². The van der Waals surface area contributed by atoms with E-state index in [2.05, 4.69) is 0 Å². The van der Waals surface area contributed by atoms with Crippen molar-refractivity contribution in [1.82, 2.24) is 4.90 Å². The molecule has 1 saturated heterocycles. The van der Waals surface area contributed by atoms with Crippen LogP contribution in [0, 0.1) is 6.92 Å². The Morgan fingerprint density at radius 1 is 1.50 bits per heavy atom. The van der Waals surface area contributed by atoms with E-state index in [0.29, 0.717) is 6.54 Å². The lowest BCUT2D eigenvalue weighted by atomic mass is 10.1. The first-order valence-corrected chi connectivity index (χ1v) is 5.74. The molecule has 0 radical (unpaired) electrons. The monoisotopic (exact) mass is 249 g/mol. The number of amides is 1. The van der Waals surface area contributed by atoms with Crippen LogP contribution in [-0.4, -0.2) is 41.1 Å². The fourth-order valence-electron chi connectivity index (χ4n) is 1.91. The number of carbonyl (C=O) groups is 2. The highest BCUT2D eigenvalue weighted by Crippen LogP contribution is 2.14. The summed E-state index contributed by atoms with van der Waals surface area (Å²) in [6, 6.07) is 7.74. The van der Waals surface area contributed by atoms with Crippen LogP contribution in [0.1, 0.15) is 11.1 Å². The van der Waals surface area contributed by atoms with Crippen molar-refractivity contribution < 1.29 is 19.4 Å². The highest BCUT2D eigenvalue weighted by molar-refractivity contribution is 5.81. The third-order valence-electron chi connectivity index (χ3n) is 3.04. The molecule has 1 N–H and O–H groups in total. The van der Waals surface area contributed by atoms with E-state index in [1.54, 1.807) is 0 Å². The van der Waals surface area contributed by atoms with Crippen molar-refractivity contribution in [2.75, 3.05) is 13.2 Å². The van der Waals surface area contributed by atoms with Crippen molar-refractivity contribution in [3.05, 3.63) is 35.4 Å². The fraction of sp³-hybridized carbons (Fsp3) is 0.385. The van der Waals surface area contributed by atoms with Crippen molar-refractivity contribution in [1.29, 1.82) is 0 Å². The topological polar surface area (TPSA) is 66.8 Å². The standard InChI is InChI=1S/C13H15NO4/c1-9-4-2-3-5-10(9)6-14-7-11(13(16)17)18-8-12(14)15/h2-5,11H,6-8H2,1H3,(H,16,17). The number of ether oxygens (including phenoxy) is 1. The summed E-state index contributed by atoms with van der Waals surface area (Å²) in [5.74, 6) is -1.20. The molecule has 0 aromatic heterocycles. The number of aliphatic carboxylic acids is 1. The van der Waals surface area contributed by atoms with Crippen molar-refractivity contribution >= 4 is 11.9 Å². The van der Waals surface area contributed by atoms with Crippen LogP contribution in [0.5, 0.6) is 0 Å². The third kappa shape index (κ3) is 2.68. The van der Waals surface area contributed by atoms with E-state index in [0.717, 1.165) is 11.1 Å². The molecule has 0 saturated carbocycles. The number of carbonyl (C=O) groups excluding carboxylic acids is 1. The molecule has 1 aliphatic rings. The molecule has 5 nitrogen and oxygen atoms in total. The number of benzene rings is 1. The maximum absolute atomic E-state index is 11.7. The van der Waals surface area contributed by atoms with Gasteiger partial charge in [-0.15, -0.1) is 0 Å². The lowest BCUT2D eigenvalue weighted by Crippen LogP contribution is -2.49. The van der Waals surface area contributed by atoms with Crippen LogP contribution < -0.4 is 0 Å². The smallest absolute Gasteiger partial charge is 0.334 e. The van der Waals surface area contributed by atoms with Gasteiger partial charge in [0.25, 0.3) is 0 Å². The molecule has 0 spiro atoms. The molecule has 1 amide bonds. The molecule has 1 aromatic rings. The summed E-state index contributed by atoms with van der Waals surface area (Å²) in [5.41, 5.74) is 2.11. The first-order chi connectivity index (χ1) is 8.58. The number of carboxylic acids is 1. The molecule has 96 valence electrons. The van der Waals surface area contributed by atoms with Crippen LogP contribution in [0.2, 0.25) is 0 Å². The average Bonchev–Trinajstić information content (AvgIpc) is 2.34. The number of nitrogens with zero attached hydrogens (tertiary/aromatic N) is 1. The molecule has 0 aliphatic carbocycles. The zero-order valence-electron chi connectivity index (χ0n) is 10.1. The second-order valence-electron chi connectivity index (χ2n) is 4.34. The zero-order valence-corrected chi connectivity index (χ0v) is 10.1. The molecule has 5 heteroatoms. The minimum atomic E-state index is -1.03. The number of hydrogen-bond acceptors (Lipinski definition) is 3. The lowest BCUT2D eigenvalue weighted by molar-refractivity contribution is -0.165. The van der Waals surface area contributed by atoms with E-state index in [1.165, 1.54) is 4.90 Å². The van der Waals surface area contributed by atoms with E-state index >= 15 is 0 Å². The van der Waals surface area contributed by atoms with Gasteiger partial charge in [-0.2, -0.15) is 0 Å². The summed E-state index contributed by atoms with van der Waals surface area (Å²) in [5, 5.41) is 8.90. The van der Waals surface area contributed by atoms with Gasteiger partial charge < -0.3 is 14.7 Å². The Hall–Kier alpha value is -1.88. The van der Waals surface area contributed by atoms with Crippen LogP contribution in [0.15, 0.2) is 24.3 Å². The maximum atomic E-state index is 11.7. The normalized spacial score (nSPS) is 19.9. The van der Waals surface area contributed by atoms with Gasteiger partial charge in [0.15, 0.2) is 6.10 Å². The second kappa shape index (κ2) is 5.18. The molecule has 18 heavy (non-hydrogen) atoms. The predicted molar refractivity (Wildman–Crippen MR) is 64.0 cm³/mol. The molecule has 1 unspecified atom stereocenters.